The molecular formula is C14H21Cl. The van der Waals surface area contributed by atoms with Crippen LogP contribution < -0.4 is 0 Å². The van der Waals surface area contributed by atoms with Gasteiger partial charge in [-0.25, -0.2) is 0 Å². The summed E-state index contributed by atoms with van der Waals surface area (Å²) < 4.78 is 0. The Hall–Kier alpha value is -0.490. The van der Waals surface area contributed by atoms with Gasteiger partial charge in [0.1, 0.15) is 0 Å². The number of unbranched alkanes of at least 4 members (excludes halogenated alkanes) is 1. The highest BCUT2D eigenvalue weighted by atomic mass is 35.5. The van der Waals surface area contributed by atoms with E-state index in [1.165, 1.54) is 31.2 Å². The molecule has 0 spiro atoms. The summed E-state index contributed by atoms with van der Waals surface area (Å²) >= 11 is 6.23. The topological polar surface area (TPSA) is 0 Å². The van der Waals surface area contributed by atoms with Gasteiger partial charge in [-0.3, -0.25) is 0 Å². The number of hydrogen-bond donors (Lipinski definition) is 0. The molecule has 1 heteroatoms. The van der Waals surface area contributed by atoms with Crippen LogP contribution in [0.25, 0.3) is 0 Å². The van der Waals surface area contributed by atoms with Crippen LogP contribution in [-0.2, 0) is 6.42 Å². The van der Waals surface area contributed by atoms with Crippen molar-refractivity contribution in [2.24, 2.45) is 0 Å². The molecule has 0 amide bonds. The predicted molar refractivity (Wildman–Crippen MR) is 68.5 cm³/mol. The molecule has 1 aromatic rings. The first-order chi connectivity index (χ1) is 7.33. The molecular weight excluding hydrogens is 204 g/mol. The fourth-order valence-corrected chi connectivity index (χ4v) is 2.05. The molecule has 0 aliphatic carbocycles. The van der Waals surface area contributed by atoms with E-state index in [-0.39, 0.29) is 0 Å². The van der Waals surface area contributed by atoms with Crippen molar-refractivity contribution in [3.8, 4) is 0 Å². The molecule has 0 aromatic heterocycles. The van der Waals surface area contributed by atoms with Gasteiger partial charge in [0, 0.05) is 5.38 Å². The van der Waals surface area contributed by atoms with Crippen molar-refractivity contribution < 1.29 is 0 Å². The van der Waals surface area contributed by atoms with E-state index in [9.17, 15) is 0 Å². The lowest BCUT2D eigenvalue weighted by molar-refractivity contribution is 0.615. The molecule has 0 aliphatic heterocycles. The molecule has 0 saturated carbocycles. The van der Waals surface area contributed by atoms with Crippen molar-refractivity contribution in [2.45, 2.75) is 50.8 Å². The first-order valence-corrected chi connectivity index (χ1v) is 6.44. The molecule has 0 bridgehead atoms. The van der Waals surface area contributed by atoms with Crippen LogP contribution in [0.15, 0.2) is 30.3 Å². The molecule has 1 unspecified atom stereocenters. The van der Waals surface area contributed by atoms with Gasteiger partial charge in [-0.05, 0) is 31.2 Å². The molecule has 0 saturated heterocycles. The summed E-state index contributed by atoms with van der Waals surface area (Å²) in [6, 6.07) is 10.6. The Morgan fingerprint density at radius 2 is 1.73 bits per heavy atom. The molecule has 0 nitrogen and oxygen atoms in total. The highest BCUT2D eigenvalue weighted by molar-refractivity contribution is 6.20. The third-order valence-electron chi connectivity index (χ3n) is 2.70. The van der Waals surface area contributed by atoms with Crippen LogP contribution in [-0.4, -0.2) is 5.38 Å². The Morgan fingerprint density at radius 1 is 1.07 bits per heavy atom. The third kappa shape index (κ3) is 5.84. The standard InChI is InChI=1S/C14H21Cl/c1-2-3-11-14(15)12-7-10-13-8-5-4-6-9-13/h4-6,8-9,14H,2-3,7,10-12H2,1H3. The number of rotatable bonds is 7. The maximum atomic E-state index is 6.23. The molecule has 0 radical (unpaired) electrons. The molecule has 0 N–H and O–H groups in total. The van der Waals surface area contributed by atoms with Crippen molar-refractivity contribution in [1.29, 1.82) is 0 Å². The molecule has 0 aliphatic rings. The van der Waals surface area contributed by atoms with Gasteiger partial charge < -0.3 is 0 Å². The number of alkyl halides is 1. The van der Waals surface area contributed by atoms with E-state index in [2.05, 4.69) is 37.3 Å². The lowest BCUT2D eigenvalue weighted by Gasteiger charge is -2.08. The second-order valence-corrected chi connectivity index (χ2v) is 4.73. The quantitative estimate of drug-likeness (QED) is 0.584. The number of halogens is 1. The third-order valence-corrected chi connectivity index (χ3v) is 3.13. The van der Waals surface area contributed by atoms with Gasteiger partial charge in [0.2, 0.25) is 0 Å². The summed E-state index contributed by atoms with van der Waals surface area (Å²) in [7, 11) is 0. The van der Waals surface area contributed by atoms with Gasteiger partial charge >= 0.3 is 0 Å². The summed E-state index contributed by atoms with van der Waals surface area (Å²) in [5.74, 6) is 0. The van der Waals surface area contributed by atoms with Crippen LogP contribution in [0, 0.1) is 0 Å². The highest BCUT2D eigenvalue weighted by Crippen LogP contribution is 2.15. The van der Waals surface area contributed by atoms with Crippen LogP contribution >= 0.6 is 11.6 Å². The number of aryl methyl sites for hydroxylation is 1. The van der Waals surface area contributed by atoms with Crippen molar-refractivity contribution in [3.05, 3.63) is 35.9 Å². The molecule has 15 heavy (non-hydrogen) atoms. The average molecular weight is 225 g/mol. The minimum Gasteiger partial charge on any atom is -0.123 e. The lowest BCUT2D eigenvalue weighted by Crippen LogP contribution is -1.99. The van der Waals surface area contributed by atoms with E-state index in [1.807, 2.05) is 0 Å². The maximum absolute atomic E-state index is 6.23. The Balaban J connectivity index is 2.11. The minimum absolute atomic E-state index is 0.383. The second-order valence-electron chi connectivity index (χ2n) is 4.12. The summed E-state index contributed by atoms with van der Waals surface area (Å²) in [6.45, 7) is 2.22. The van der Waals surface area contributed by atoms with Gasteiger partial charge in [0.15, 0.2) is 0 Å². The molecule has 0 heterocycles. The Bertz CT molecular complexity index is 243. The van der Waals surface area contributed by atoms with Gasteiger partial charge in [-0.2, -0.15) is 0 Å². The molecule has 84 valence electrons. The first-order valence-electron chi connectivity index (χ1n) is 6.01. The molecule has 1 atom stereocenters. The van der Waals surface area contributed by atoms with Crippen LogP contribution in [0.3, 0.4) is 0 Å². The van der Waals surface area contributed by atoms with Crippen molar-refractivity contribution >= 4 is 11.6 Å². The number of benzene rings is 1. The highest BCUT2D eigenvalue weighted by Gasteiger charge is 2.03. The van der Waals surface area contributed by atoms with E-state index in [0.717, 1.165) is 12.8 Å². The second kappa shape index (κ2) is 7.76. The van der Waals surface area contributed by atoms with Crippen molar-refractivity contribution in [2.75, 3.05) is 0 Å². The van der Waals surface area contributed by atoms with Crippen LogP contribution in [0.5, 0.6) is 0 Å². The summed E-state index contributed by atoms with van der Waals surface area (Å²) in [4.78, 5) is 0. The molecule has 1 rings (SSSR count). The predicted octanol–water partition coefficient (Wildman–Crippen LogP) is 4.81. The SMILES string of the molecule is CCCCC(Cl)CCCc1ccccc1. The van der Waals surface area contributed by atoms with E-state index in [0.29, 0.717) is 5.38 Å². The van der Waals surface area contributed by atoms with Crippen molar-refractivity contribution in [3.63, 3.8) is 0 Å². The monoisotopic (exact) mass is 224 g/mol. The first kappa shape index (κ1) is 12.6. The van der Waals surface area contributed by atoms with E-state index >= 15 is 0 Å². The smallest absolute Gasteiger partial charge is 0.0336 e. The van der Waals surface area contributed by atoms with Gasteiger partial charge in [0.05, 0.1) is 0 Å². The Morgan fingerprint density at radius 3 is 2.40 bits per heavy atom. The van der Waals surface area contributed by atoms with E-state index in [1.54, 1.807) is 0 Å². The lowest BCUT2D eigenvalue weighted by atomic mass is 10.0. The molecule has 0 fully saturated rings. The molecule has 1 aromatic carbocycles. The maximum Gasteiger partial charge on any atom is 0.0336 e. The summed E-state index contributed by atoms with van der Waals surface area (Å²) in [5.41, 5.74) is 1.43. The minimum atomic E-state index is 0.383. The van der Waals surface area contributed by atoms with Gasteiger partial charge in [-0.15, -0.1) is 11.6 Å². The fraction of sp³-hybridized carbons (Fsp3) is 0.571. The Labute approximate surface area is 98.7 Å². The zero-order chi connectivity index (χ0) is 10.9. The Kier molecular flexibility index (Phi) is 6.50. The van der Waals surface area contributed by atoms with Crippen molar-refractivity contribution in [1.82, 2.24) is 0 Å². The zero-order valence-corrected chi connectivity index (χ0v) is 10.3. The zero-order valence-electron chi connectivity index (χ0n) is 9.58. The van der Waals surface area contributed by atoms with E-state index < -0.39 is 0 Å². The van der Waals surface area contributed by atoms with Gasteiger partial charge in [-0.1, -0.05) is 50.1 Å². The van der Waals surface area contributed by atoms with Crippen LogP contribution in [0.2, 0.25) is 0 Å². The summed E-state index contributed by atoms with van der Waals surface area (Å²) in [5, 5.41) is 0.383. The number of hydrogen-bond acceptors (Lipinski definition) is 0. The average Bonchev–Trinajstić information content (AvgIpc) is 2.28. The van der Waals surface area contributed by atoms with Crippen LogP contribution in [0.4, 0.5) is 0 Å². The fourth-order valence-electron chi connectivity index (χ4n) is 1.74. The van der Waals surface area contributed by atoms with Gasteiger partial charge in [0.25, 0.3) is 0 Å². The van der Waals surface area contributed by atoms with E-state index in [4.69, 9.17) is 11.6 Å². The van der Waals surface area contributed by atoms with Crippen LogP contribution in [0.1, 0.15) is 44.6 Å². The largest absolute Gasteiger partial charge is 0.123 e. The normalized spacial score (nSPS) is 12.7. The summed E-state index contributed by atoms with van der Waals surface area (Å²) in [6.07, 6.45) is 7.21.